The number of hydrogen-bond acceptors (Lipinski definition) is 15. The Hall–Kier alpha value is -15.7. The van der Waals surface area contributed by atoms with Crippen molar-refractivity contribution in [2.75, 3.05) is 64.9 Å². The van der Waals surface area contributed by atoms with Crippen molar-refractivity contribution in [2.45, 2.75) is 26.2 Å². The van der Waals surface area contributed by atoms with Crippen molar-refractivity contribution >= 4 is 221 Å². The minimum absolute atomic E-state index is 0.0741. The standard InChI is InChI=1S/C20H16N2O.C19H13BrN2.C19H13ClN2.C19H13N3O2.C18H18N2.C16H16N2/c1-23-15-12-10-14(11-13-15)21-20-16-6-2-4-8-18(16)22-19-9-5-3-7-17(19)20;2*20-13-9-11-14(12-10-13)21-19-15-5-1-3-7-17(15)22-18-8-4-2-6-16(18)19;23-22(24)14-11-9-13(10-12-14)20-19-15-5-1-3-7-17(15)21-18-8-4-2-6-16(18)19;1-6-12-20(13-7-1)18-14-8-2-4-10-16(14)19-17-11-5-3-9-15(17)18;1-3-18(2)16-12-8-4-6-10-14(12)17-15-11-7-5-9-13(15)16/h2-13H,1H3,(H,21,22);2*1-12H,(H,21,22);1-12H,(H,20,21);2-5,8-11H,1,6-7,12-13H2;4-11H,3H2,1-2H3. The summed E-state index contributed by atoms with van der Waals surface area (Å²) in [6.45, 7) is 5.48. The van der Waals surface area contributed by atoms with E-state index in [9.17, 15) is 10.1 Å². The number of rotatable bonds is 13. The van der Waals surface area contributed by atoms with Crippen molar-refractivity contribution in [1.29, 1.82) is 0 Å². The zero-order valence-electron chi connectivity index (χ0n) is 71.2. The summed E-state index contributed by atoms with van der Waals surface area (Å²) < 4.78 is 6.29. The number of nitrogens with one attached hydrogen (secondary N) is 4. The van der Waals surface area contributed by atoms with Crippen LogP contribution in [0.25, 0.3) is 131 Å². The van der Waals surface area contributed by atoms with E-state index >= 15 is 0 Å². The molecule has 6 aromatic heterocycles. The predicted molar refractivity (Wildman–Crippen MR) is 545 cm³/mol. The van der Waals surface area contributed by atoms with Crippen molar-refractivity contribution in [3.05, 3.63) is 408 Å². The second-order valence-corrected chi connectivity index (χ2v) is 32.5. The SMILES string of the molecule is Brc1ccc(Nc2c3ccccc3nc3ccccc23)cc1.CCN(C)c1c2ccccc2nc2ccccc12.COc1ccc(Nc2c3ccccc3nc3ccccc23)cc1.Clc1ccc(Nc2c3ccccc3nc3ccccc23)cc1.O=[N+]([O-])c1ccc(Nc2c3ccccc3nc3ccccc23)cc1.c1ccc2c(N3CCCCC3)c3ccccc3nc2c1. The van der Waals surface area contributed by atoms with Crippen LogP contribution in [0.1, 0.15) is 26.2 Å². The van der Waals surface area contributed by atoms with E-state index in [0.717, 1.165) is 190 Å². The topological polar surface area (TPSA) is 184 Å². The average Bonchev–Trinajstić information content (AvgIpc) is 0.876. The van der Waals surface area contributed by atoms with Gasteiger partial charge in [0.1, 0.15) is 5.75 Å². The normalized spacial score (nSPS) is 11.7. The molecule has 1 aliphatic rings. The number of pyridine rings is 6. The van der Waals surface area contributed by atoms with Crippen molar-refractivity contribution in [1.82, 2.24) is 29.9 Å². The van der Waals surface area contributed by atoms with Crippen LogP contribution >= 0.6 is 27.5 Å². The van der Waals surface area contributed by atoms with Crippen LogP contribution in [-0.4, -0.2) is 68.6 Å². The molecule has 16 aromatic carbocycles. The summed E-state index contributed by atoms with van der Waals surface area (Å²) in [5.74, 6) is 0.847. The summed E-state index contributed by atoms with van der Waals surface area (Å²) in [7, 11) is 3.81. The third kappa shape index (κ3) is 19.0. The van der Waals surface area contributed by atoms with E-state index < -0.39 is 4.92 Å². The molecule has 0 atom stereocenters. The highest BCUT2D eigenvalue weighted by atomic mass is 79.9. The molecule has 4 N–H and O–H groups in total. The molecule has 129 heavy (non-hydrogen) atoms. The fourth-order valence-electron chi connectivity index (χ4n) is 16.5. The van der Waals surface area contributed by atoms with Crippen LogP contribution in [0.15, 0.2) is 393 Å². The molecule has 0 saturated carbocycles. The van der Waals surface area contributed by atoms with Crippen LogP contribution in [0.3, 0.4) is 0 Å². The van der Waals surface area contributed by atoms with Gasteiger partial charge in [-0.05, 0) is 184 Å². The Morgan fingerprint density at radius 3 is 0.837 bits per heavy atom. The molecule has 16 nitrogen and oxygen atoms in total. The highest BCUT2D eigenvalue weighted by Gasteiger charge is 2.20. The first kappa shape index (κ1) is 84.2. The van der Waals surface area contributed by atoms with Gasteiger partial charge in [0.25, 0.3) is 5.69 Å². The number of nitrogens with zero attached hydrogens (tertiary/aromatic N) is 9. The number of nitro benzene ring substituents is 1. The Balaban J connectivity index is 0.000000105. The molecule has 18 heteroatoms. The first-order chi connectivity index (χ1) is 63.4. The smallest absolute Gasteiger partial charge is 0.269 e. The quantitative estimate of drug-likeness (QED) is 0.0485. The average molecular weight is 1770 g/mol. The van der Waals surface area contributed by atoms with Crippen LogP contribution in [0.5, 0.6) is 5.75 Å². The zero-order chi connectivity index (χ0) is 87.9. The number of halogens is 2. The van der Waals surface area contributed by atoms with Gasteiger partial charge < -0.3 is 35.8 Å². The Bertz CT molecular complexity index is 7320. The highest BCUT2D eigenvalue weighted by Crippen LogP contribution is 2.41. The molecule has 1 aliphatic heterocycles. The number of nitro groups is 1. The maximum Gasteiger partial charge on any atom is 0.269 e. The second-order valence-electron chi connectivity index (χ2n) is 31.2. The number of hydrogen-bond donors (Lipinski definition) is 4. The van der Waals surface area contributed by atoms with Crippen molar-refractivity contribution in [3.8, 4) is 5.75 Å². The number of aromatic nitrogens is 6. The Morgan fingerprint density at radius 2 is 0.566 bits per heavy atom. The van der Waals surface area contributed by atoms with Crippen LogP contribution in [-0.2, 0) is 0 Å². The van der Waals surface area contributed by atoms with E-state index in [1.807, 2.05) is 218 Å². The molecule has 7 heterocycles. The number of non-ortho nitro benzene ring substituents is 1. The Labute approximate surface area is 759 Å². The van der Waals surface area contributed by atoms with Gasteiger partial charge in [-0.25, -0.2) is 29.9 Å². The number of methoxy groups -OCH3 is 1. The van der Waals surface area contributed by atoms with Gasteiger partial charge in [0.05, 0.1) is 112 Å². The van der Waals surface area contributed by atoms with Gasteiger partial charge in [-0.15, -0.1) is 0 Å². The maximum absolute atomic E-state index is 10.8. The monoisotopic (exact) mass is 1770 g/mol. The lowest BCUT2D eigenvalue weighted by atomic mass is 10.0. The van der Waals surface area contributed by atoms with E-state index in [1.165, 1.54) is 64.3 Å². The van der Waals surface area contributed by atoms with Gasteiger partial charge >= 0.3 is 0 Å². The van der Waals surface area contributed by atoms with Gasteiger partial charge in [0.2, 0.25) is 0 Å². The summed E-state index contributed by atoms with van der Waals surface area (Å²) in [5.41, 5.74) is 22.9. The minimum Gasteiger partial charge on any atom is -0.497 e. The molecule has 1 fully saturated rings. The lowest BCUT2D eigenvalue weighted by molar-refractivity contribution is -0.384. The third-order valence-corrected chi connectivity index (χ3v) is 23.7. The fourth-order valence-corrected chi connectivity index (χ4v) is 16.9. The summed E-state index contributed by atoms with van der Waals surface area (Å²) in [6, 6.07) is 129. The van der Waals surface area contributed by atoms with Gasteiger partial charge in [-0.3, -0.25) is 10.1 Å². The third-order valence-electron chi connectivity index (χ3n) is 22.9. The second kappa shape index (κ2) is 39.2. The van der Waals surface area contributed by atoms with Gasteiger partial charge in [0.15, 0.2) is 0 Å². The van der Waals surface area contributed by atoms with Crippen molar-refractivity contribution < 1.29 is 9.66 Å². The predicted octanol–water partition coefficient (Wildman–Crippen LogP) is 30.1. The maximum atomic E-state index is 10.8. The minimum atomic E-state index is -0.402. The lowest BCUT2D eigenvalue weighted by Crippen LogP contribution is -2.29. The first-order valence-electron chi connectivity index (χ1n) is 43.0. The highest BCUT2D eigenvalue weighted by molar-refractivity contribution is 9.10. The molecule has 0 bridgehead atoms. The molecular weight excluding hydrogens is 1680 g/mol. The molecule has 22 aromatic rings. The Kier molecular flexibility index (Phi) is 25.6. The number of anilines is 10. The number of para-hydroxylation sites is 12. The van der Waals surface area contributed by atoms with E-state index in [1.54, 1.807) is 19.2 Å². The van der Waals surface area contributed by atoms with Gasteiger partial charge in [-0.2, -0.15) is 0 Å². The summed E-state index contributed by atoms with van der Waals surface area (Å²) in [6.07, 6.45) is 3.95. The van der Waals surface area contributed by atoms with E-state index in [0.29, 0.717) is 0 Å². The van der Waals surface area contributed by atoms with Crippen LogP contribution in [0, 0.1) is 10.1 Å². The van der Waals surface area contributed by atoms with E-state index in [-0.39, 0.29) is 5.69 Å². The molecule has 0 unspecified atom stereocenters. The van der Waals surface area contributed by atoms with Crippen LogP contribution in [0.2, 0.25) is 5.02 Å². The molecular formula is C111H89BrClN13O3. The molecule has 0 amide bonds. The molecule has 0 aliphatic carbocycles. The summed E-state index contributed by atoms with van der Waals surface area (Å²) in [5, 5.41) is 39.3. The lowest BCUT2D eigenvalue weighted by Gasteiger charge is -2.30. The van der Waals surface area contributed by atoms with Crippen molar-refractivity contribution in [3.63, 3.8) is 0 Å². The van der Waals surface area contributed by atoms with Gasteiger partial charge in [-0.1, -0.05) is 246 Å². The summed E-state index contributed by atoms with van der Waals surface area (Å²) >= 11 is 9.44. The number of piperidine rings is 1. The van der Waals surface area contributed by atoms with E-state index in [2.05, 4.69) is 212 Å². The Morgan fingerprint density at radius 1 is 0.333 bits per heavy atom. The zero-order valence-corrected chi connectivity index (χ0v) is 73.5. The molecule has 0 spiro atoms. The fraction of sp³-hybridized carbons (Fsp3) is 0.0811. The molecule has 630 valence electrons. The summed E-state index contributed by atoms with van der Waals surface area (Å²) in [4.78, 5) is 43.7. The number of ether oxygens (including phenoxy) is 1. The first-order valence-corrected chi connectivity index (χ1v) is 44.2. The molecule has 0 radical (unpaired) electrons. The molecule has 23 rings (SSSR count). The van der Waals surface area contributed by atoms with E-state index in [4.69, 9.17) is 41.3 Å². The van der Waals surface area contributed by atoms with Crippen molar-refractivity contribution in [2.24, 2.45) is 0 Å². The van der Waals surface area contributed by atoms with Crippen LogP contribution in [0.4, 0.5) is 62.6 Å². The van der Waals surface area contributed by atoms with Gasteiger partial charge in [0, 0.05) is 136 Å². The van der Waals surface area contributed by atoms with Crippen LogP contribution < -0.4 is 35.8 Å². The number of fused-ring (bicyclic) bond motifs is 12. The number of benzene rings is 16. The largest absolute Gasteiger partial charge is 0.497 e. The molecule has 1 saturated heterocycles.